The Bertz CT molecular complexity index is 582. The van der Waals surface area contributed by atoms with Gasteiger partial charge in [0.25, 0.3) is 0 Å². The number of hydrogen-bond acceptors (Lipinski definition) is 4. The third kappa shape index (κ3) is 3.05. The van der Waals surface area contributed by atoms with Crippen LogP contribution in [0.15, 0.2) is 23.8 Å². The van der Waals surface area contributed by atoms with Gasteiger partial charge in [0.15, 0.2) is 5.75 Å². The van der Waals surface area contributed by atoms with E-state index in [-0.39, 0.29) is 11.4 Å². The zero-order chi connectivity index (χ0) is 14.7. The molecule has 1 aromatic rings. The van der Waals surface area contributed by atoms with Crippen molar-refractivity contribution >= 4 is 17.9 Å². The Balaban J connectivity index is 2.24. The van der Waals surface area contributed by atoms with Crippen LogP contribution in [0.25, 0.3) is 6.08 Å². The predicted octanol–water partition coefficient (Wildman–Crippen LogP) is 2.46. The van der Waals surface area contributed by atoms with E-state index in [0.717, 1.165) is 18.4 Å². The Morgan fingerprint density at radius 2 is 2.20 bits per heavy atom. The summed E-state index contributed by atoms with van der Waals surface area (Å²) in [4.78, 5) is 22.3. The predicted molar refractivity (Wildman–Crippen MR) is 71.6 cm³/mol. The number of carbonyl (C=O) groups is 1. The molecule has 1 aromatic carbocycles. The van der Waals surface area contributed by atoms with Crippen molar-refractivity contribution in [3.8, 4) is 5.75 Å². The van der Waals surface area contributed by atoms with Gasteiger partial charge in [-0.1, -0.05) is 17.7 Å². The molecule has 0 spiro atoms. The van der Waals surface area contributed by atoms with Crippen LogP contribution in [0, 0.1) is 10.1 Å². The van der Waals surface area contributed by atoms with Gasteiger partial charge < -0.3 is 15.1 Å². The number of rotatable bonds is 2. The van der Waals surface area contributed by atoms with Crippen molar-refractivity contribution in [1.82, 2.24) is 4.90 Å². The van der Waals surface area contributed by atoms with Gasteiger partial charge in [-0.2, -0.15) is 0 Å². The van der Waals surface area contributed by atoms with Crippen LogP contribution in [0.2, 0.25) is 0 Å². The molecule has 7 nitrogen and oxygen atoms in total. The van der Waals surface area contributed by atoms with Gasteiger partial charge in [-0.25, -0.2) is 4.79 Å². The second kappa shape index (κ2) is 5.60. The zero-order valence-corrected chi connectivity index (χ0v) is 10.7. The first-order valence-corrected chi connectivity index (χ1v) is 6.12. The number of likely N-dealkylation sites (tertiary alicyclic amines) is 1. The second-order valence-corrected chi connectivity index (χ2v) is 4.62. The summed E-state index contributed by atoms with van der Waals surface area (Å²) in [5.74, 6) is -0.382. The molecule has 2 N–H and O–H groups in total. The van der Waals surface area contributed by atoms with Crippen LogP contribution < -0.4 is 0 Å². The van der Waals surface area contributed by atoms with Crippen LogP contribution in [-0.2, 0) is 0 Å². The normalized spacial score (nSPS) is 17.2. The van der Waals surface area contributed by atoms with Crippen molar-refractivity contribution < 1.29 is 19.9 Å². The Morgan fingerprint density at radius 3 is 2.85 bits per heavy atom. The van der Waals surface area contributed by atoms with Gasteiger partial charge in [-0.3, -0.25) is 10.1 Å². The number of phenolic OH excluding ortho intramolecular Hbond substituents is 1. The lowest BCUT2D eigenvalue weighted by atomic mass is 10.0. The molecule has 0 atom stereocenters. The number of amides is 1. The van der Waals surface area contributed by atoms with E-state index in [1.165, 1.54) is 17.0 Å². The quantitative estimate of drug-likeness (QED) is 0.638. The Hall–Kier alpha value is -2.57. The maximum absolute atomic E-state index is 10.9. The summed E-state index contributed by atoms with van der Waals surface area (Å²) in [6, 6.07) is 4.11. The summed E-state index contributed by atoms with van der Waals surface area (Å²) in [7, 11) is 0. The highest BCUT2D eigenvalue weighted by Crippen LogP contribution is 2.28. The molecule has 1 heterocycles. The van der Waals surface area contributed by atoms with Crippen LogP contribution in [0.3, 0.4) is 0 Å². The molecule has 1 aliphatic rings. The SMILES string of the molecule is O=C(O)N1CCCC(=Cc2ccc(O)c([N+](=O)[O-])c2)C1. The summed E-state index contributed by atoms with van der Waals surface area (Å²) in [6.45, 7) is 0.812. The van der Waals surface area contributed by atoms with E-state index >= 15 is 0 Å². The average molecular weight is 278 g/mol. The molecule has 7 heteroatoms. The number of carboxylic acid groups (broad SMARTS) is 1. The van der Waals surface area contributed by atoms with Crippen LogP contribution in [0.1, 0.15) is 18.4 Å². The monoisotopic (exact) mass is 278 g/mol. The molecule has 20 heavy (non-hydrogen) atoms. The highest BCUT2D eigenvalue weighted by molar-refractivity contribution is 5.67. The van der Waals surface area contributed by atoms with E-state index in [1.54, 1.807) is 12.1 Å². The molecule has 1 aliphatic heterocycles. The van der Waals surface area contributed by atoms with Crippen molar-refractivity contribution in [2.45, 2.75) is 12.8 Å². The molecule has 1 amide bonds. The highest BCUT2D eigenvalue weighted by Gasteiger charge is 2.19. The maximum atomic E-state index is 10.9. The molecule has 0 bridgehead atoms. The Kier molecular flexibility index (Phi) is 3.88. The lowest BCUT2D eigenvalue weighted by molar-refractivity contribution is -0.385. The summed E-state index contributed by atoms with van der Waals surface area (Å²) in [6.07, 6.45) is 2.27. The maximum Gasteiger partial charge on any atom is 0.407 e. The number of piperidine rings is 1. The fourth-order valence-corrected chi connectivity index (χ4v) is 2.19. The molecule has 0 radical (unpaired) electrons. The topological polar surface area (TPSA) is 104 Å². The minimum Gasteiger partial charge on any atom is -0.502 e. The minimum atomic E-state index is -0.965. The first-order valence-electron chi connectivity index (χ1n) is 6.12. The second-order valence-electron chi connectivity index (χ2n) is 4.62. The van der Waals surface area contributed by atoms with Crippen molar-refractivity contribution in [3.05, 3.63) is 39.4 Å². The minimum absolute atomic E-state index is 0.310. The first-order chi connectivity index (χ1) is 9.47. The van der Waals surface area contributed by atoms with E-state index in [1.807, 2.05) is 0 Å². The lowest BCUT2D eigenvalue weighted by Gasteiger charge is -2.26. The van der Waals surface area contributed by atoms with Gasteiger partial charge in [-0.15, -0.1) is 0 Å². The van der Waals surface area contributed by atoms with E-state index < -0.39 is 11.0 Å². The molecule has 0 aliphatic carbocycles. The number of benzene rings is 1. The number of nitro groups is 1. The Morgan fingerprint density at radius 1 is 1.45 bits per heavy atom. The molecule has 0 saturated carbocycles. The fourth-order valence-electron chi connectivity index (χ4n) is 2.19. The third-order valence-corrected chi connectivity index (χ3v) is 3.16. The summed E-state index contributed by atoms with van der Waals surface area (Å²) in [5.41, 5.74) is 1.13. The molecule has 2 rings (SSSR count). The smallest absolute Gasteiger partial charge is 0.407 e. The Labute approximate surface area is 114 Å². The van der Waals surface area contributed by atoms with Crippen molar-refractivity contribution in [3.63, 3.8) is 0 Å². The van der Waals surface area contributed by atoms with Crippen LogP contribution >= 0.6 is 0 Å². The van der Waals surface area contributed by atoms with Gasteiger partial charge in [0.2, 0.25) is 0 Å². The third-order valence-electron chi connectivity index (χ3n) is 3.16. The first kappa shape index (κ1) is 13.9. The van der Waals surface area contributed by atoms with Crippen molar-refractivity contribution in [2.75, 3.05) is 13.1 Å². The largest absolute Gasteiger partial charge is 0.502 e. The van der Waals surface area contributed by atoms with E-state index in [9.17, 15) is 20.0 Å². The fraction of sp³-hybridized carbons (Fsp3) is 0.308. The molecule has 0 aromatic heterocycles. The van der Waals surface area contributed by atoms with Gasteiger partial charge >= 0.3 is 11.8 Å². The molecule has 106 valence electrons. The van der Waals surface area contributed by atoms with Gasteiger partial charge in [0.1, 0.15) is 0 Å². The van der Waals surface area contributed by atoms with E-state index in [0.29, 0.717) is 18.7 Å². The van der Waals surface area contributed by atoms with Crippen molar-refractivity contribution in [1.29, 1.82) is 0 Å². The molecular weight excluding hydrogens is 264 g/mol. The van der Waals surface area contributed by atoms with E-state index in [2.05, 4.69) is 0 Å². The number of nitro benzene ring substituents is 1. The standard InChI is InChI=1S/C13H14N2O5/c16-12-4-3-9(7-11(12)15(19)20)6-10-2-1-5-14(8-10)13(17)18/h3-4,6-7,16H,1-2,5,8H2,(H,17,18). The molecule has 1 saturated heterocycles. The molecule has 1 fully saturated rings. The van der Waals surface area contributed by atoms with Crippen LogP contribution in [0.4, 0.5) is 10.5 Å². The molecule has 0 unspecified atom stereocenters. The van der Waals surface area contributed by atoms with Crippen LogP contribution in [0.5, 0.6) is 5.75 Å². The number of hydrogen-bond donors (Lipinski definition) is 2. The number of aromatic hydroxyl groups is 1. The van der Waals surface area contributed by atoms with Crippen molar-refractivity contribution in [2.24, 2.45) is 0 Å². The summed E-state index contributed by atoms with van der Waals surface area (Å²) in [5, 5.41) is 29.1. The number of nitrogens with zero attached hydrogens (tertiary/aromatic N) is 2. The van der Waals surface area contributed by atoms with Gasteiger partial charge in [-0.05, 0) is 24.5 Å². The highest BCUT2D eigenvalue weighted by atomic mass is 16.6. The molecular formula is C13H14N2O5. The van der Waals surface area contributed by atoms with Crippen LogP contribution in [-0.4, -0.2) is 39.2 Å². The number of phenols is 1. The van der Waals surface area contributed by atoms with Gasteiger partial charge in [0, 0.05) is 19.2 Å². The summed E-state index contributed by atoms with van der Waals surface area (Å²) < 4.78 is 0. The zero-order valence-electron chi connectivity index (χ0n) is 10.7. The average Bonchev–Trinajstić information content (AvgIpc) is 2.41. The van der Waals surface area contributed by atoms with E-state index in [4.69, 9.17) is 5.11 Å². The lowest BCUT2D eigenvalue weighted by Crippen LogP contribution is -2.35. The van der Waals surface area contributed by atoms with Gasteiger partial charge in [0.05, 0.1) is 4.92 Å². The summed E-state index contributed by atoms with van der Waals surface area (Å²) >= 11 is 0.